The fourth-order valence-electron chi connectivity index (χ4n) is 0.542. The highest BCUT2D eigenvalue weighted by Crippen LogP contribution is 2.16. The summed E-state index contributed by atoms with van der Waals surface area (Å²) in [5.41, 5.74) is 1.20. The maximum Gasteiger partial charge on any atom is 0.0201 e. The molecule has 1 heteroatoms. The van der Waals surface area contributed by atoms with Gasteiger partial charge in [-0.25, -0.2) is 0 Å². The lowest BCUT2D eigenvalue weighted by atomic mass is 10.2. The van der Waals surface area contributed by atoms with Crippen LogP contribution < -0.4 is 0 Å². The predicted molar refractivity (Wildman–Crippen MR) is 46.6 cm³/mol. The standard InChI is InChI=1S/C8H11Br/c1-4-7(5-2)8(9)6-3/h4,6H,1,3,5H2,2H3/b8-7-. The molecule has 0 spiro atoms. The molecule has 50 valence electrons. The third kappa shape index (κ3) is 2.66. The molecule has 0 bridgehead atoms. The topological polar surface area (TPSA) is 0 Å². The highest BCUT2D eigenvalue weighted by atomic mass is 79.9. The maximum atomic E-state index is 3.67. The van der Waals surface area contributed by atoms with E-state index in [1.165, 1.54) is 5.57 Å². The van der Waals surface area contributed by atoms with Gasteiger partial charge >= 0.3 is 0 Å². The molecule has 0 aromatic rings. The van der Waals surface area contributed by atoms with E-state index in [1.54, 1.807) is 6.08 Å². The van der Waals surface area contributed by atoms with Gasteiger partial charge in [0.15, 0.2) is 0 Å². The summed E-state index contributed by atoms with van der Waals surface area (Å²) in [7, 11) is 0. The van der Waals surface area contributed by atoms with Crippen LogP contribution in [0.25, 0.3) is 0 Å². The van der Waals surface area contributed by atoms with Crippen molar-refractivity contribution in [3.05, 3.63) is 35.4 Å². The molecule has 9 heavy (non-hydrogen) atoms. The normalized spacial score (nSPS) is 12.2. The molecule has 0 amide bonds. The Balaban J connectivity index is 4.36. The van der Waals surface area contributed by atoms with E-state index in [-0.39, 0.29) is 0 Å². The number of hydrogen-bond donors (Lipinski definition) is 0. The molecule has 0 rings (SSSR count). The minimum absolute atomic E-state index is 0.996. The van der Waals surface area contributed by atoms with E-state index in [9.17, 15) is 0 Å². The Morgan fingerprint density at radius 3 is 2.11 bits per heavy atom. The SMILES string of the molecule is C=C/C(Br)=C(\C=C)CC. The van der Waals surface area contributed by atoms with E-state index in [4.69, 9.17) is 0 Å². The lowest BCUT2D eigenvalue weighted by Crippen LogP contribution is -1.74. The summed E-state index contributed by atoms with van der Waals surface area (Å²) in [5.74, 6) is 0. The van der Waals surface area contributed by atoms with Crippen LogP contribution in [0.15, 0.2) is 35.4 Å². The van der Waals surface area contributed by atoms with Crippen LogP contribution in [0, 0.1) is 0 Å². The Hall–Kier alpha value is -0.300. The Bertz CT molecular complexity index is 143. The zero-order chi connectivity index (χ0) is 7.28. The molecule has 0 aliphatic rings. The first kappa shape index (κ1) is 8.70. The third-order valence-corrected chi connectivity index (χ3v) is 1.95. The van der Waals surface area contributed by atoms with E-state index < -0.39 is 0 Å². The molecular formula is C8H11Br. The zero-order valence-corrected chi connectivity index (χ0v) is 7.24. The minimum Gasteiger partial charge on any atom is -0.0988 e. The van der Waals surface area contributed by atoms with Gasteiger partial charge < -0.3 is 0 Å². The average Bonchev–Trinajstić information content (AvgIpc) is 1.90. The highest BCUT2D eigenvalue weighted by Gasteiger charge is 1.90. The number of halogens is 1. The Morgan fingerprint density at radius 1 is 1.44 bits per heavy atom. The molecule has 0 unspecified atom stereocenters. The highest BCUT2D eigenvalue weighted by molar-refractivity contribution is 9.11. The summed E-state index contributed by atoms with van der Waals surface area (Å²) >= 11 is 3.35. The number of rotatable bonds is 3. The van der Waals surface area contributed by atoms with Gasteiger partial charge in [0.25, 0.3) is 0 Å². The molecule has 0 N–H and O–H groups in total. The van der Waals surface area contributed by atoms with Gasteiger partial charge in [-0.05, 0) is 12.0 Å². The van der Waals surface area contributed by atoms with Gasteiger partial charge in [0.05, 0.1) is 0 Å². The van der Waals surface area contributed by atoms with Crippen LogP contribution in [0.5, 0.6) is 0 Å². The van der Waals surface area contributed by atoms with Crippen molar-refractivity contribution in [3.63, 3.8) is 0 Å². The second-order valence-electron chi connectivity index (χ2n) is 1.63. The predicted octanol–water partition coefficient (Wildman–Crippen LogP) is 3.42. The van der Waals surface area contributed by atoms with Crippen molar-refractivity contribution in [2.24, 2.45) is 0 Å². The quantitative estimate of drug-likeness (QED) is 0.594. The maximum absolute atomic E-state index is 3.67. The molecule has 0 radical (unpaired) electrons. The van der Waals surface area contributed by atoms with Crippen LogP contribution in [0.1, 0.15) is 13.3 Å². The summed E-state index contributed by atoms with van der Waals surface area (Å²) in [5, 5.41) is 0. The van der Waals surface area contributed by atoms with Crippen LogP contribution in [0.3, 0.4) is 0 Å². The number of hydrogen-bond acceptors (Lipinski definition) is 0. The molecule has 0 saturated heterocycles. The van der Waals surface area contributed by atoms with Crippen molar-refractivity contribution >= 4 is 15.9 Å². The minimum atomic E-state index is 0.996. The average molecular weight is 187 g/mol. The van der Waals surface area contributed by atoms with Gasteiger partial charge in [0, 0.05) is 4.48 Å². The summed E-state index contributed by atoms with van der Waals surface area (Å²) in [6.45, 7) is 9.38. The van der Waals surface area contributed by atoms with E-state index in [0.29, 0.717) is 0 Å². The van der Waals surface area contributed by atoms with Crippen molar-refractivity contribution in [1.29, 1.82) is 0 Å². The molecule has 0 atom stereocenters. The first-order valence-electron chi connectivity index (χ1n) is 2.89. The number of allylic oxidation sites excluding steroid dienone is 4. The Morgan fingerprint density at radius 2 is 2.00 bits per heavy atom. The monoisotopic (exact) mass is 186 g/mol. The first-order valence-corrected chi connectivity index (χ1v) is 3.69. The second kappa shape index (κ2) is 4.57. The van der Waals surface area contributed by atoms with Crippen LogP contribution >= 0.6 is 15.9 Å². The molecular weight excluding hydrogens is 176 g/mol. The Kier molecular flexibility index (Phi) is 4.41. The second-order valence-corrected chi connectivity index (χ2v) is 2.49. The molecule has 0 aliphatic carbocycles. The Labute approximate surface area is 65.1 Å². The van der Waals surface area contributed by atoms with E-state index >= 15 is 0 Å². The van der Waals surface area contributed by atoms with E-state index in [0.717, 1.165) is 10.9 Å². The van der Waals surface area contributed by atoms with Crippen molar-refractivity contribution in [2.45, 2.75) is 13.3 Å². The van der Waals surface area contributed by atoms with Crippen molar-refractivity contribution < 1.29 is 0 Å². The molecule has 0 nitrogen and oxygen atoms in total. The lowest BCUT2D eigenvalue weighted by molar-refractivity contribution is 1.15. The molecule has 0 aromatic heterocycles. The summed E-state index contributed by atoms with van der Waals surface area (Å²) < 4.78 is 1.04. The molecule has 0 fully saturated rings. The van der Waals surface area contributed by atoms with Crippen molar-refractivity contribution in [3.8, 4) is 0 Å². The van der Waals surface area contributed by atoms with Crippen LogP contribution in [0.4, 0.5) is 0 Å². The zero-order valence-electron chi connectivity index (χ0n) is 5.65. The summed E-state index contributed by atoms with van der Waals surface area (Å²) in [6.07, 6.45) is 4.61. The molecule has 0 aliphatic heterocycles. The van der Waals surface area contributed by atoms with Crippen LogP contribution in [-0.2, 0) is 0 Å². The fraction of sp³-hybridized carbons (Fsp3) is 0.250. The molecule has 0 aromatic carbocycles. The molecule has 0 heterocycles. The fourth-order valence-corrected chi connectivity index (χ4v) is 0.984. The van der Waals surface area contributed by atoms with Gasteiger partial charge in [-0.3, -0.25) is 0 Å². The summed E-state index contributed by atoms with van der Waals surface area (Å²) in [4.78, 5) is 0. The smallest absolute Gasteiger partial charge is 0.0201 e. The largest absolute Gasteiger partial charge is 0.0988 e. The summed E-state index contributed by atoms with van der Waals surface area (Å²) in [6, 6.07) is 0. The first-order chi connectivity index (χ1) is 4.26. The molecule has 0 saturated carbocycles. The van der Waals surface area contributed by atoms with Gasteiger partial charge in [0.1, 0.15) is 0 Å². The van der Waals surface area contributed by atoms with Crippen LogP contribution in [0.2, 0.25) is 0 Å². The van der Waals surface area contributed by atoms with Gasteiger partial charge in [-0.15, -0.1) is 0 Å². The third-order valence-electron chi connectivity index (χ3n) is 1.11. The van der Waals surface area contributed by atoms with Gasteiger partial charge in [-0.1, -0.05) is 48.2 Å². The van der Waals surface area contributed by atoms with Gasteiger partial charge in [0.2, 0.25) is 0 Å². The van der Waals surface area contributed by atoms with E-state index in [2.05, 4.69) is 36.0 Å². The van der Waals surface area contributed by atoms with Crippen LogP contribution in [-0.4, -0.2) is 0 Å². The van der Waals surface area contributed by atoms with Crippen molar-refractivity contribution in [2.75, 3.05) is 0 Å². The van der Waals surface area contributed by atoms with Crippen molar-refractivity contribution in [1.82, 2.24) is 0 Å². The van der Waals surface area contributed by atoms with E-state index in [1.807, 2.05) is 6.08 Å². The van der Waals surface area contributed by atoms with Gasteiger partial charge in [-0.2, -0.15) is 0 Å². The lowest BCUT2D eigenvalue weighted by Gasteiger charge is -1.96.